The Morgan fingerprint density at radius 3 is 2.26 bits per heavy atom. The Bertz CT molecular complexity index is 543. The van der Waals surface area contributed by atoms with Gasteiger partial charge in [-0.2, -0.15) is 13.2 Å². The number of carboxylic acids is 1. The van der Waals surface area contributed by atoms with E-state index in [1.807, 2.05) is 0 Å². The minimum atomic E-state index is -4.44. The Hall–Kier alpha value is -2.25. The van der Waals surface area contributed by atoms with Gasteiger partial charge < -0.3 is 15.2 Å². The van der Waals surface area contributed by atoms with Gasteiger partial charge in [0.1, 0.15) is 11.8 Å². The van der Waals surface area contributed by atoms with Gasteiger partial charge in [-0.1, -0.05) is 20.3 Å². The zero-order chi connectivity index (χ0) is 17.6. The van der Waals surface area contributed by atoms with Gasteiger partial charge in [0.05, 0.1) is 0 Å². The molecule has 1 rings (SSSR count). The lowest BCUT2D eigenvalue weighted by Crippen LogP contribution is -2.45. The molecule has 0 saturated carbocycles. The number of carboxylic acid groups (broad SMARTS) is 1. The first-order valence-corrected chi connectivity index (χ1v) is 6.97. The number of alkyl halides is 3. The molecule has 23 heavy (non-hydrogen) atoms. The van der Waals surface area contributed by atoms with Crippen LogP contribution in [0.15, 0.2) is 24.3 Å². The van der Waals surface area contributed by atoms with Crippen molar-refractivity contribution in [2.24, 2.45) is 5.92 Å². The molecule has 2 unspecified atom stereocenters. The number of amides is 1. The van der Waals surface area contributed by atoms with Gasteiger partial charge in [0, 0.05) is 5.56 Å². The molecule has 128 valence electrons. The van der Waals surface area contributed by atoms with E-state index in [4.69, 9.17) is 5.11 Å². The highest BCUT2D eigenvalue weighted by Crippen LogP contribution is 2.19. The van der Waals surface area contributed by atoms with Gasteiger partial charge in [0.25, 0.3) is 5.91 Å². The highest BCUT2D eigenvalue weighted by atomic mass is 19.4. The first kappa shape index (κ1) is 18.8. The maximum Gasteiger partial charge on any atom is 0.422 e. The fourth-order valence-electron chi connectivity index (χ4n) is 1.78. The van der Waals surface area contributed by atoms with Crippen molar-refractivity contribution in [2.45, 2.75) is 32.5 Å². The van der Waals surface area contributed by atoms with E-state index in [2.05, 4.69) is 10.1 Å². The maximum atomic E-state index is 12.0. The van der Waals surface area contributed by atoms with Gasteiger partial charge in [0.15, 0.2) is 6.61 Å². The number of carbonyl (C=O) groups excluding carboxylic acids is 1. The molecule has 1 amide bonds. The highest BCUT2D eigenvalue weighted by Gasteiger charge is 2.28. The average molecular weight is 333 g/mol. The van der Waals surface area contributed by atoms with Crippen molar-refractivity contribution >= 4 is 11.9 Å². The predicted molar refractivity (Wildman–Crippen MR) is 76.3 cm³/mol. The lowest BCUT2D eigenvalue weighted by Gasteiger charge is -2.20. The van der Waals surface area contributed by atoms with Gasteiger partial charge in [-0.3, -0.25) is 4.79 Å². The number of ether oxygens (including phenoxy) is 1. The maximum absolute atomic E-state index is 12.0. The van der Waals surface area contributed by atoms with Gasteiger partial charge in [0.2, 0.25) is 0 Å². The van der Waals surface area contributed by atoms with Gasteiger partial charge in [-0.15, -0.1) is 0 Å². The Morgan fingerprint density at radius 1 is 1.26 bits per heavy atom. The number of benzene rings is 1. The lowest BCUT2D eigenvalue weighted by molar-refractivity contribution is -0.153. The molecule has 1 aromatic rings. The monoisotopic (exact) mass is 333 g/mol. The number of nitrogens with one attached hydrogen (secondary N) is 1. The molecule has 0 heterocycles. The topological polar surface area (TPSA) is 75.6 Å². The van der Waals surface area contributed by atoms with Crippen LogP contribution in [0, 0.1) is 5.92 Å². The highest BCUT2D eigenvalue weighted by molar-refractivity contribution is 5.96. The summed E-state index contributed by atoms with van der Waals surface area (Å²) < 4.78 is 40.6. The second kappa shape index (κ2) is 7.85. The summed E-state index contributed by atoms with van der Waals surface area (Å²) in [5.74, 6) is -2.04. The van der Waals surface area contributed by atoms with E-state index >= 15 is 0 Å². The van der Waals surface area contributed by atoms with Crippen LogP contribution in [0.1, 0.15) is 30.6 Å². The second-order valence-corrected chi connectivity index (χ2v) is 5.10. The van der Waals surface area contributed by atoms with Crippen molar-refractivity contribution in [1.29, 1.82) is 0 Å². The average Bonchev–Trinajstić information content (AvgIpc) is 2.49. The molecule has 0 saturated heterocycles. The van der Waals surface area contributed by atoms with Crippen LogP contribution in [-0.4, -0.2) is 35.8 Å². The normalized spacial score (nSPS) is 14.0. The van der Waals surface area contributed by atoms with Crippen molar-refractivity contribution in [1.82, 2.24) is 5.32 Å². The lowest BCUT2D eigenvalue weighted by atomic mass is 9.99. The van der Waals surface area contributed by atoms with Crippen LogP contribution in [0.2, 0.25) is 0 Å². The molecule has 0 spiro atoms. The summed E-state index contributed by atoms with van der Waals surface area (Å²) in [7, 11) is 0. The van der Waals surface area contributed by atoms with Crippen molar-refractivity contribution in [3.05, 3.63) is 29.8 Å². The predicted octanol–water partition coefficient (Wildman–Crippen LogP) is 2.86. The van der Waals surface area contributed by atoms with E-state index in [1.54, 1.807) is 13.8 Å². The number of aliphatic carboxylic acids is 1. The van der Waals surface area contributed by atoms with Crippen LogP contribution in [0.25, 0.3) is 0 Å². The number of carbonyl (C=O) groups is 2. The molecule has 0 radical (unpaired) electrons. The summed E-state index contributed by atoms with van der Waals surface area (Å²) in [5, 5.41) is 11.5. The number of halogens is 3. The minimum Gasteiger partial charge on any atom is -0.484 e. The Balaban J connectivity index is 2.71. The van der Waals surface area contributed by atoms with Crippen molar-refractivity contribution < 1.29 is 32.6 Å². The molecule has 8 heteroatoms. The molecule has 0 aliphatic rings. The smallest absolute Gasteiger partial charge is 0.422 e. The zero-order valence-corrected chi connectivity index (χ0v) is 12.7. The van der Waals surface area contributed by atoms with Crippen LogP contribution >= 0.6 is 0 Å². The largest absolute Gasteiger partial charge is 0.484 e. The van der Waals surface area contributed by atoms with Crippen LogP contribution in [0.5, 0.6) is 5.75 Å². The standard InChI is InChI=1S/C15H18F3NO4/c1-3-9(2)12(14(21)22)19-13(20)10-4-6-11(7-5-10)23-8-15(16,17)18/h4-7,9,12H,3,8H2,1-2H3,(H,19,20)(H,21,22). The zero-order valence-electron chi connectivity index (χ0n) is 12.7. The van der Waals surface area contributed by atoms with Gasteiger partial charge >= 0.3 is 12.1 Å². The molecule has 0 aliphatic heterocycles. The van der Waals surface area contributed by atoms with E-state index < -0.39 is 30.7 Å². The summed E-state index contributed by atoms with van der Waals surface area (Å²) in [4.78, 5) is 23.2. The molecule has 0 aliphatic carbocycles. The summed E-state index contributed by atoms with van der Waals surface area (Å²) in [6.45, 7) is 2.08. The van der Waals surface area contributed by atoms with E-state index in [0.717, 1.165) is 0 Å². The van der Waals surface area contributed by atoms with Gasteiger partial charge in [-0.05, 0) is 30.2 Å². The Morgan fingerprint density at radius 2 is 1.83 bits per heavy atom. The minimum absolute atomic E-state index is 0.0319. The molecule has 2 N–H and O–H groups in total. The molecule has 0 aromatic heterocycles. The molecule has 0 bridgehead atoms. The van der Waals surface area contributed by atoms with E-state index in [9.17, 15) is 22.8 Å². The SMILES string of the molecule is CCC(C)C(NC(=O)c1ccc(OCC(F)(F)F)cc1)C(=O)O. The number of hydrogen-bond acceptors (Lipinski definition) is 3. The number of hydrogen-bond donors (Lipinski definition) is 2. The van der Waals surface area contributed by atoms with E-state index in [0.29, 0.717) is 6.42 Å². The summed E-state index contributed by atoms with van der Waals surface area (Å²) in [5.41, 5.74) is 0.138. The van der Waals surface area contributed by atoms with Crippen molar-refractivity contribution in [3.63, 3.8) is 0 Å². The third kappa shape index (κ3) is 6.17. The molecule has 5 nitrogen and oxygen atoms in total. The molecular weight excluding hydrogens is 315 g/mol. The summed E-state index contributed by atoms with van der Waals surface area (Å²) in [6.07, 6.45) is -3.87. The fraction of sp³-hybridized carbons (Fsp3) is 0.467. The van der Waals surface area contributed by atoms with E-state index in [1.165, 1.54) is 24.3 Å². The molecule has 0 fully saturated rings. The quantitative estimate of drug-likeness (QED) is 0.804. The van der Waals surface area contributed by atoms with E-state index in [-0.39, 0.29) is 17.2 Å². The Kier molecular flexibility index (Phi) is 6.41. The fourth-order valence-corrected chi connectivity index (χ4v) is 1.78. The summed E-state index contributed by atoms with van der Waals surface area (Å²) in [6, 6.07) is 3.96. The van der Waals surface area contributed by atoms with Crippen LogP contribution < -0.4 is 10.1 Å². The Labute approximate surface area is 131 Å². The van der Waals surface area contributed by atoms with Crippen molar-refractivity contribution in [3.8, 4) is 5.75 Å². The molecule has 1 aromatic carbocycles. The number of rotatable bonds is 7. The van der Waals surface area contributed by atoms with Crippen LogP contribution in [-0.2, 0) is 4.79 Å². The first-order valence-electron chi connectivity index (χ1n) is 6.97. The summed E-state index contributed by atoms with van der Waals surface area (Å²) >= 11 is 0. The second-order valence-electron chi connectivity index (χ2n) is 5.10. The third-order valence-electron chi connectivity index (χ3n) is 3.28. The molecular formula is C15H18F3NO4. The molecule has 2 atom stereocenters. The van der Waals surface area contributed by atoms with Crippen LogP contribution in [0.4, 0.5) is 13.2 Å². The van der Waals surface area contributed by atoms with Crippen LogP contribution in [0.3, 0.4) is 0 Å². The third-order valence-corrected chi connectivity index (χ3v) is 3.28. The van der Waals surface area contributed by atoms with Crippen molar-refractivity contribution in [2.75, 3.05) is 6.61 Å². The first-order chi connectivity index (χ1) is 10.6. The van der Waals surface area contributed by atoms with Gasteiger partial charge in [-0.25, -0.2) is 4.79 Å².